The summed E-state index contributed by atoms with van der Waals surface area (Å²) in [6, 6.07) is 10.3. The summed E-state index contributed by atoms with van der Waals surface area (Å²) < 4.78 is 5.50. The van der Waals surface area contributed by atoms with Gasteiger partial charge in [0, 0.05) is 12.0 Å². The van der Waals surface area contributed by atoms with E-state index in [1.165, 1.54) is 16.7 Å². The summed E-state index contributed by atoms with van der Waals surface area (Å²) in [7, 11) is 1.66. The highest BCUT2D eigenvalue weighted by molar-refractivity contribution is 5.46. The van der Waals surface area contributed by atoms with Crippen molar-refractivity contribution < 1.29 is 9.84 Å². The fourth-order valence-corrected chi connectivity index (χ4v) is 2.61. The quantitative estimate of drug-likeness (QED) is 0.911. The standard InChI is InChI=1S/C19H24O2/c1-12-6-8-16(10-14(12)3)11-18(20)17-9-7-13(2)15(4)19(17)21-5/h6-10,18,20H,11H2,1-5H3. The van der Waals surface area contributed by atoms with Crippen LogP contribution in [-0.2, 0) is 6.42 Å². The van der Waals surface area contributed by atoms with Gasteiger partial charge in [0.25, 0.3) is 0 Å². The maximum atomic E-state index is 10.6. The van der Waals surface area contributed by atoms with Crippen molar-refractivity contribution in [1.29, 1.82) is 0 Å². The third-order valence-corrected chi connectivity index (χ3v) is 4.27. The molecule has 112 valence electrons. The van der Waals surface area contributed by atoms with Gasteiger partial charge in [-0.05, 0) is 55.5 Å². The summed E-state index contributed by atoms with van der Waals surface area (Å²) in [5.41, 5.74) is 6.80. The first-order valence-electron chi connectivity index (χ1n) is 7.32. The normalized spacial score (nSPS) is 12.3. The van der Waals surface area contributed by atoms with Gasteiger partial charge in [0.1, 0.15) is 5.75 Å². The highest BCUT2D eigenvalue weighted by Gasteiger charge is 2.16. The van der Waals surface area contributed by atoms with Gasteiger partial charge < -0.3 is 9.84 Å². The first kappa shape index (κ1) is 15.6. The minimum Gasteiger partial charge on any atom is -0.496 e. The Balaban J connectivity index is 2.30. The number of hydrogen-bond donors (Lipinski definition) is 1. The van der Waals surface area contributed by atoms with Crippen LogP contribution in [0.3, 0.4) is 0 Å². The van der Waals surface area contributed by atoms with E-state index in [0.717, 1.165) is 22.4 Å². The molecule has 0 heterocycles. The van der Waals surface area contributed by atoms with Gasteiger partial charge in [-0.25, -0.2) is 0 Å². The lowest BCUT2D eigenvalue weighted by Gasteiger charge is -2.18. The van der Waals surface area contributed by atoms with Gasteiger partial charge in [0.15, 0.2) is 0 Å². The van der Waals surface area contributed by atoms with Crippen LogP contribution in [0, 0.1) is 27.7 Å². The van der Waals surface area contributed by atoms with Crippen LogP contribution in [0.25, 0.3) is 0 Å². The minimum atomic E-state index is -0.554. The topological polar surface area (TPSA) is 29.5 Å². The molecule has 2 nitrogen and oxygen atoms in total. The summed E-state index contributed by atoms with van der Waals surface area (Å²) in [6.07, 6.45) is 0.0429. The van der Waals surface area contributed by atoms with Gasteiger partial charge in [-0.2, -0.15) is 0 Å². The molecule has 2 aromatic rings. The van der Waals surface area contributed by atoms with Gasteiger partial charge in [-0.3, -0.25) is 0 Å². The van der Waals surface area contributed by atoms with Gasteiger partial charge in [-0.15, -0.1) is 0 Å². The van der Waals surface area contributed by atoms with Crippen LogP contribution >= 0.6 is 0 Å². The first-order chi connectivity index (χ1) is 9.93. The van der Waals surface area contributed by atoms with Crippen LogP contribution in [0.2, 0.25) is 0 Å². The third kappa shape index (κ3) is 3.27. The molecular weight excluding hydrogens is 260 g/mol. The molecule has 0 aromatic heterocycles. The number of methoxy groups -OCH3 is 1. The Morgan fingerprint density at radius 2 is 1.62 bits per heavy atom. The lowest BCUT2D eigenvalue weighted by Crippen LogP contribution is -2.06. The van der Waals surface area contributed by atoms with Crippen LogP contribution in [0.4, 0.5) is 0 Å². The highest BCUT2D eigenvalue weighted by Crippen LogP contribution is 2.32. The molecule has 0 aliphatic carbocycles. The molecule has 1 N–H and O–H groups in total. The van der Waals surface area contributed by atoms with Crippen molar-refractivity contribution in [3.8, 4) is 5.75 Å². The molecule has 2 rings (SSSR count). The van der Waals surface area contributed by atoms with E-state index >= 15 is 0 Å². The number of aliphatic hydroxyl groups is 1. The molecular formula is C19H24O2. The van der Waals surface area contributed by atoms with Crippen LogP contribution in [0.1, 0.15) is 39.5 Å². The predicted octanol–water partition coefficient (Wildman–Crippen LogP) is 4.20. The van der Waals surface area contributed by atoms with E-state index in [1.807, 2.05) is 19.1 Å². The Labute approximate surface area is 127 Å². The van der Waals surface area contributed by atoms with Crippen LogP contribution in [-0.4, -0.2) is 12.2 Å². The summed E-state index contributed by atoms with van der Waals surface area (Å²) >= 11 is 0. The molecule has 1 unspecified atom stereocenters. The van der Waals surface area contributed by atoms with E-state index in [0.29, 0.717) is 6.42 Å². The average molecular weight is 284 g/mol. The number of ether oxygens (including phenoxy) is 1. The molecule has 0 amide bonds. The van der Waals surface area contributed by atoms with E-state index in [9.17, 15) is 5.11 Å². The number of aliphatic hydroxyl groups excluding tert-OH is 1. The van der Waals surface area contributed by atoms with Gasteiger partial charge in [-0.1, -0.05) is 30.3 Å². The molecule has 0 saturated heterocycles. The summed E-state index contributed by atoms with van der Waals surface area (Å²) in [6.45, 7) is 8.28. The maximum Gasteiger partial charge on any atom is 0.127 e. The second-order valence-corrected chi connectivity index (χ2v) is 5.77. The highest BCUT2D eigenvalue weighted by atomic mass is 16.5. The summed E-state index contributed by atoms with van der Waals surface area (Å²) in [4.78, 5) is 0. The Bertz CT molecular complexity index is 644. The Kier molecular flexibility index (Phi) is 4.69. The fourth-order valence-electron chi connectivity index (χ4n) is 2.61. The van der Waals surface area contributed by atoms with E-state index in [-0.39, 0.29) is 0 Å². The van der Waals surface area contributed by atoms with Gasteiger partial charge in [0.2, 0.25) is 0 Å². The SMILES string of the molecule is COc1c(C(O)Cc2ccc(C)c(C)c2)ccc(C)c1C. The first-order valence-corrected chi connectivity index (χ1v) is 7.32. The monoisotopic (exact) mass is 284 g/mol. The second-order valence-electron chi connectivity index (χ2n) is 5.77. The summed E-state index contributed by atoms with van der Waals surface area (Å²) in [5, 5.41) is 10.6. The Hall–Kier alpha value is -1.80. The number of aryl methyl sites for hydroxylation is 3. The van der Waals surface area contributed by atoms with Crippen molar-refractivity contribution >= 4 is 0 Å². The zero-order valence-electron chi connectivity index (χ0n) is 13.5. The summed E-state index contributed by atoms with van der Waals surface area (Å²) in [5.74, 6) is 0.798. The van der Waals surface area contributed by atoms with Crippen molar-refractivity contribution in [2.45, 2.75) is 40.2 Å². The molecule has 0 spiro atoms. The van der Waals surface area contributed by atoms with Crippen molar-refractivity contribution in [3.05, 3.63) is 63.7 Å². The molecule has 2 aromatic carbocycles. The van der Waals surface area contributed by atoms with Crippen molar-refractivity contribution in [2.24, 2.45) is 0 Å². The van der Waals surface area contributed by atoms with Gasteiger partial charge >= 0.3 is 0 Å². The zero-order chi connectivity index (χ0) is 15.6. The van der Waals surface area contributed by atoms with Crippen molar-refractivity contribution in [2.75, 3.05) is 7.11 Å². The number of hydrogen-bond acceptors (Lipinski definition) is 2. The largest absolute Gasteiger partial charge is 0.496 e. The van der Waals surface area contributed by atoms with E-state index in [1.54, 1.807) is 7.11 Å². The second kappa shape index (κ2) is 6.31. The Morgan fingerprint density at radius 1 is 0.952 bits per heavy atom. The van der Waals surface area contributed by atoms with Crippen molar-refractivity contribution in [1.82, 2.24) is 0 Å². The average Bonchev–Trinajstić information content (AvgIpc) is 2.45. The number of rotatable bonds is 4. The van der Waals surface area contributed by atoms with E-state index in [4.69, 9.17) is 4.74 Å². The minimum absolute atomic E-state index is 0.554. The predicted molar refractivity (Wildman–Crippen MR) is 87.0 cm³/mol. The molecule has 0 fully saturated rings. The molecule has 0 aliphatic heterocycles. The molecule has 0 bridgehead atoms. The molecule has 0 saturated carbocycles. The van der Waals surface area contributed by atoms with Crippen LogP contribution in [0.15, 0.2) is 30.3 Å². The zero-order valence-corrected chi connectivity index (χ0v) is 13.5. The smallest absolute Gasteiger partial charge is 0.127 e. The van der Waals surface area contributed by atoms with E-state index in [2.05, 4.69) is 39.0 Å². The molecule has 21 heavy (non-hydrogen) atoms. The number of benzene rings is 2. The molecule has 2 heteroatoms. The third-order valence-electron chi connectivity index (χ3n) is 4.27. The molecule has 0 radical (unpaired) electrons. The lowest BCUT2D eigenvalue weighted by molar-refractivity contribution is 0.174. The Morgan fingerprint density at radius 3 is 2.24 bits per heavy atom. The molecule has 1 atom stereocenters. The lowest BCUT2D eigenvalue weighted by atomic mass is 9.95. The van der Waals surface area contributed by atoms with Crippen LogP contribution < -0.4 is 4.74 Å². The molecule has 0 aliphatic rings. The van der Waals surface area contributed by atoms with E-state index < -0.39 is 6.10 Å². The van der Waals surface area contributed by atoms with Crippen molar-refractivity contribution in [3.63, 3.8) is 0 Å². The van der Waals surface area contributed by atoms with Gasteiger partial charge in [0.05, 0.1) is 13.2 Å². The van der Waals surface area contributed by atoms with Crippen LogP contribution in [0.5, 0.6) is 5.75 Å². The maximum absolute atomic E-state index is 10.6. The fraction of sp³-hybridized carbons (Fsp3) is 0.368.